The highest BCUT2D eigenvalue weighted by Gasteiger charge is 2.51. The van der Waals surface area contributed by atoms with Gasteiger partial charge in [0.15, 0.2) is 10.5 Å². The monoisotopic (exact) mass is 444 g/mol. The van der Waals surface area contributed by atoms with Crippen LogP contribution in [-0.2, 0) is 58.7 Å². The lowest BCUT2D eigenvalue weighted by atomic mass is 10.4. The Morgan fingerprint density at radius 3 is 1.25 bits per heavy atom. The molecule has 0 bridgehead atoms. The van der Waals surface area contributed by atoms with Gasteiger partial charge in [0.05, 0.1) is 12.8 Å². The van der Waals surface area contributed by atoms with Crippen molar-refractivity contribution in [3.8, 4) is 0 Å². The Hall–Kier alpha value is -2.96. The minimum absolute atomic E-state index is 0.448. The van der Waals surface area contributed by atoms with E-state index in [1.807, 2.05) is 0 Å². The van der Waals surface area contributed by atoms with Gasteiger partial charge in [-0.15, -0.1) is 10.1 Å². The molecule has 16 nitrogen and oxygen atoms in total. The summed E-state index contributed by atoms with van der Waals surface area (Å²) >= 11 is 0. The summed E-state index contributed by atoms with van der Waals surface area (Å²) in [5.41, 5.74) is 0. The summed E-state index contributed by atoms with van der Waals surface area (Å²) in [5.74, 6) is -10.6. The maximum atomic E-state index is 11.6. The van der Waals surface area contributed by atoms with Crippen LogP contribution in [0.4, 0.5) is 0 Å². The predicted octanol–water partition coefficient (Wildman–Crippen LogP) is -4.07. The zero-order valence-electron chi connectivity index (χ0n) is 13.1. The molecule has 2 aliphatic rings. The van der Waals surface area contributed by atoms with E-state index in [9.17, 15) is 45.6 Å². The number of nitrogens with zero attached hydrogens (tertiary/aromatic N) is 2. The second-order valence-electron chi connectivity index (χ2n) is 5.23. The van der Waals surface area contributed by atoms with Crippen LogP contribution in [0.25, 0.3) is 0 Å². The number of carbonyl (C=O) groups excluding carboxylic acids is 6. The van der Waals surface area contributed by atoms with Crippen LogP contribution in [0.2, 0.25) is 0 Å². The maximum absolute atomic E-state index is 11.6. The maximum Gasteiger partial charge on any atom is 0.444 e. The molecule has 2 rings (SSSR count). The predicted molar refractivity (Wildman–Crippen MR) is 75.8 cm³/mol. The van der Waals surface area contributed by atoms with Crippen molar-refractivity contribution in [2.45, 2.75) is 23.3 Å². The fourth-order valence-corrected chi connectivity index (χ4v) is 3.47. The van der Waals surface area contributed by atoms with Crippen molar-refractivity contribution in [2.75, 3.05) is 0 Å². The summed E-state index contributed by atoms with van der Waals surface area (Å²) in [6.07, 6.45) is -2.20. The van der Waals surface area contributed by atoms with E-state index in [4.69, 9.17) is 9.11 Å². The Balaban J connectivity index is 2.07. The van der Waals surface area contributed by atoms with Crippen LogP contribution < -0.4 is 0 Å². The van der Waals surface area contributed by atoms with Gasteiger partial charge in [0, 0.05) is 0 Å². The van der Waals surface area contributed by atoms with Gasteiger partial charge in [0.2, 0.25) is 0 Å². The van der Waals surface area contributed by atoms with Gasteiger partial charge in [0.25, 0.3) is 43.9 Å². The van der Waals surface area contributed by atoms with Gasteiger partial charge in [0.1, 0.15) is 0 Å². The molecule has 2 aliphatic heterocycles. The molecule has 28 heavy (non-hydrogen) atoms. The van der Waals surface area contributed by atoms with Gasteiger partial charge < -0.3 is 9.68 Å². The van der Waals surface area contributed by atoms with Crippen LogP contribution in [0.3, 0.4) is 0 Å². The molecule has 4 amide bonds. The van der Waals surface area contributed by atoms with Crippen molar-refractivity contribution in [3.05, 3.63) is 0 Å². The number of hydrogen-bond donors (Lipinski definition) is 2. The Morgan fingerprint density at radius 2 is 1.04 bits per heavy atom. The third-order valence-electron chi connectivity index (χ3n) is 3.36. The number of hydroxylamine groups is 4. The van der Waals surface area contributed by atoms with Crippen LogP contribution in [0.15, 0.2) is 0 Å². The lowest BCUT2D eigenvalue weighted by molar-refractivity contribution is -0.215. The van der Waals surface area contributed by atoms with E-state index < -0.39 is 89.3 Å². The largest absolute Gasteiger partial charge is 0.444 e. The second kappa shape index (κ2) is 6.89. The lowest BCUT2D eigenvalue weighted by Gasteiger charge is -2.15. The Morgan fingerprint density at radius 1 is 0.750 bits per heavy atom. The van der Waals surface area contributed by atoms with Crippen LogP contribution in [0.1, 0.15) is 12.8 Å². The van der Waals surface area contributed by atoms with Crippen LogP contribution in [0, 0.1) is 0 Å². The molecule has 2 saturated heterocycles. The molecule has 0 aromatic rings. The molecule has 0 aromatic heterocycles. The Kier molecular flexibility index (Phi) is 5.25. The molecule has 18 heteroatoms. The average Bonchev–Trinajstić information content (AvgIpc) is 2.98. The van der Waals surface area contributed by atoms with Gasteiger partial charge >= 0.3 is 11.9 Å². The molecule has 2 fully saturated rings. The van der Waals surface area contributed by atoms with Crippen molar-refractivity contribution in [2.24, 2.45) is 0 Å². The Labute approximate surface area is 154 Å². The molecule has 0 aromatic carbocycles. The quantitative estimate of drug-likeness (QED) is 0.238. The van der Waals surface area contributed by atoms with Crippen molar-refractivity contribution in [1.82, 2.24) is 10.1 Å². The summed E-state index contributed by atoms with van der Waals surface area (Å²) < 4.78 is 61.4. The summed E-state index contributed by atoms with van der Waals surface area (Å²) in [6, 6.07) is 0. The molecule has 0 unspecified atom stereocenters. The highest BCUT2D eigenvalue weighted by Crippen LogP contribution is 2.21. The summed E-state index contributed by atoms with van der Waals surface area (Å²) in [7, 11) is -10.0. The van der Waals surface area contributed by atoms with E-state index in [0.29, 0.717) is 0 Å². The first-order valence-electron chi connectivity index (χ1n) is 6.75. The topological polar surface area (TPSA) is 236 Å². The molecule has 2 atom stereocenters. The minimum atomic E-state index is -5.02. The standard InChI is InChI=1S/C10H8N2O14S2/c13-5-1-3(27(19,20)21)7(15)11(5)25-9(17)10(18)26-12-6(14)2-4(8(12)16)28(22,23)24/h3-4H,1-2H2,(H,19,20,21)(H,22,23,24)/t3-,4+. The summed E-state index contributed by atoms with van der Waals surface area (Å²) in [5, 5.41) is -5.45. The second-order valence-corrected chi connectivity index (χ2v) is 8.42. The fraction of sp³-hybridized carbons (Fsp3) is 0.400. The lowest BCUT2D eigenvalue weighted by Crippen LogP contribution is -2.42. The smallest absolute Gasteiger partial charge is 0.319 e. The van der Waals surface area contributed by atoms with E-state index in [0.717, 1.165) is 0 Å². The van der Waals surface area contributed by atoms with Crippen molar-refractivity contribution in [1.29, 1.82) is 0 Å². The number of amides is 4. The molecule has 2 heterocycles. The number of rotatable bonds is 4. The van der Waals surface area contributed by atoms with E-state index >= 15 is 0 Å². The minimum Gasteiger partial charge on any atom is -0.319 e. The van der Waals surface area contributed by atoms with E-state index in [-0.39, 0.29) is 0 Å². The number of imide groups is 2. The van der Waals surface area contributed by atoms with E-state index in [2.05, 4.69) is 9.68 Å². The van der Waals surface area contributed by atoms with Crippen LogP contribution in [-0.4, -0.2) is 82.1 Å². The van der Waals surface area contributed by atoms with Gasteiger partial charge in [-0.2, -0.15) is 16.8 Å². The van der Waals surface area contributed by atoms with Gasteiger partial charge in [-0.25, -0.2) is 9.59 Å². The molecule has 2 N–H and O–H groups in total. The molecule has 0 aliphatic carbocycles. The van der Waals surface area contributed by atoms with E-state index in [1.54, 1.807) is 0 Å². The first kappa shape index (κ1) is 21.3. The first-order valence-corrected chi connectivity index (χ1v) is 9.75. The zero-order valence-corrected chi connectivity index (χ0v) is 14.7. The SMILES string of the molecule is O=C(ON1C(=O)C[C@@H](S(=O)(=O)O)C1=O)C(=O)ON1C(=O)C[C@H](S(=O)(=O)O)C1=O. The van der Waals surface area contributed by atoms with Gasteiger partial charge in [-0.1, -0.05) is 0 Å². The van der Waals surface area contributed by atoms with Crippen molar-refractivity contribution >= 4 is 55.8 Å². The van der Waals surface area contributed by atoms with Gasteiger partial charge in [-0.05, 0) is 0 Å². The number of hydrogen-bond acceptors (Lipinski definition) is 12. The zero-order chi connectivity index (χ0) is 21.6. The highest BCUT2D eigenvalue weighted by atomic mass is 32.2. The van der Waals surface area contributed by atoms with Crippen molar-refractivity contribution in [3.63, 3.8) is 0 Å². The molecule has 0 saturated carbocycles. The number of carbonyl (C=O) groups is 6. The first-order chi connectivity index (χ1) is 12.6. The normalized spacial score (nSPS) is 23.4. The van der Waals surface area contributed by atoms with E-state index in [1.165, 1.54) is 0 Å². The van der Waals surface area contributed by atoms with Crippen LogP contribution >= 0.6 is 0 Å². The third kappa shape index (κ3) is 3.98. The van der Waals surface area contributed by atoms with Crippen LogP contribution in [0.5, 0.6) is 0 Å². The van der Waals surface area contributed by atoms with Gasteiger partial charge in [-0.3, -0.25) is 28.3 Å². The highest BCUT2D eigenvalue weighted by molar-refractivity contribution is 7.87. The third-order valence-corrected chi connectivity index (χ3v) is 5.53. The molecule has 0 radical (unpaired) electrons. The average molecular weight is 444 g/mol. The molecule has 154 valence electrons. The molecular weight excluding hydrogens is 436 g/mol. The van der Waals surface area contributed by atoms with Crippen molar-refractivity contribution < 1.29 is 64.4 Å². The Bertz CT molecular complexity index is 929. The molecule has 0 spiro atoms. The summed E-state index contributed by atoms with van der Waals surface area (Å²) in [4.78, 5) is 77.4. The molecular formula is C10H8N2O14S2. The summed E-state index contributed by atoms with van der Waals surface area (Å²) in [6.45, 7) is 0. The fourth-order valence-electron chi connectivity index (χ4n) is 2.06.